The van der Waals surface area contributed by atoms with E-state index in [1.54, 1.807) is 17.6 Å². The first-order valence-corrected chi connectivity index (χ1v) is 11.7. The van der Waals surface area contributed by atoms with Crippen molar-refractivity contribution in [3.63, 3.8) is 0 Å². The molecule has 0 aliphatic heterocycles. The Hall–Kier alpha value is -3.64. The van der Waals surface area contributed by atoms with E-state index < -0.39 is 0 Å². The summed E-state index contributed by atoms with van der Waals surface area (Å²) in [7, 11) is 0. The first kappa shape index (κ1) is 21.2. The Morgan fingerprint density at radius 3 is 2.67 bits per heavy atom. The molecule has 1 atom stereocenters. The fraction of sp³-hybridized carbons (Fsp3) is 0.148. The van der Waals surface area contributed by atoms with Crippen LogP contribution in [0.1, 0.15) is 34.8 Å². The van der Waals surface area contributed by atoms with Crippen molar-refractivity contribution in [3.05, 3.63) is 118 Å². The highest BCUT2D eigenvalue weighted by molar-refractivity contribution is 7.08. The predicted octanol–water partition coefficient (Wildman–Crippen LogP) is 6.32. The molecule has 6 heteroatoms. The number of amides is 1. The van der Waals surface area contributed by atoms with Gasteiger partial charge in [-0.1, -0.05) is 30.3 Å². The van der Waals surface area contributed by atoms with E-state index in [0.29, 0.717) is 19.5 Å². The number of thiophene rings is 1. The SMILES string of the molecule is O=C(CC(c1ccsc1)c1cn(Cc2ccc(F)cc2)c2ccccc12)NCc1ccco1. The smallest absolute Gasteiger partial charge is 0.221 e. The maximum absolute atomic E-state index is 13.4. The molecule has 1 N–H and O–H groups in total. The summed E-state index contributed by atoms with van der Waals surface area (Å²) < 4.78 is 20.9. The lowest BCUT2D eigenvalue weighted by Gasteiger charge is -2.15. The van der Waals surface area contributed by atoms with Crippen LogP contribution in [0.5, 0.6) is 0 Å². The molecule has 0 saturated heterocycles. The summed E-state index contributed by atoms with van der Waals surface area (Å²) in [6, 6.07) is 20.6. The molecule has 0 bridgehead atoms. The lowest BCUT2D eigenvalue weighted by Crippen LogP contribution is -2.24. The van der Waals surface area contributed by atoms with Crippen molar-refractivity contribution in [1.82, 2.24) is 9.88 Å². The maximum atomic E-state index is 13.4. The van der Waals surface area contributed by atoms with E-state index >= 15 is 0 Å². The molecule has 5 rings (SSSR count). The summed E-state index contributed by atoms with van der Waals surface area (Å²) >= 11 is 1.63. The van der Waals surface area contributed by atoms with Crippen LogP contribution in [0.2, 0.25) is 0 Å². The number of benzene rings is 2. The van der Waals surface area contributed by atoms with E-state index in [9.17, 15) is 9.18 Å². The summed E-state index contributed by atoms with van der Waals surface area (Å²) in [6.07, 6.45) is 4.07. The second-order valence-electron chi connectivity index (χ2n) is 8.03. The highest BCUT2D eigenvalue weighted by Crippen LogP contribution is 2.36. The molecule has 5 aromatic rings. The van der Waals surface area contributed by atoms with Crippen molar-refractivity contribution in [2.24, 2.45) is 0 Å². The zero-order chi connectivity index (χ0) is 22.6. The van der Waals surface area contributed by atoms with Crippen molar-refractivity contribution < 1.29 is 13.6 Å². The molecule has 0 aliphatic carbocycles. The van der Waals surface area contributed by atoms with Gasteiger partial charge >= 0.3 is 0 Å². The Morgan fingerprint density at radius 1 is 1.06 bits per heavy atom. The van der Waals surface area contributed by atoms with E-state index in [-0.39, 0.29) is 17.6 Å². The van der Waals surface area contributed by atoms with E-state index in [1.807, 2.05) is 41.8 Å². The molecule has 0 saturated carbocycles. The van der Waals surface area contributed by atoms with Crippen molar-refractivity contribution in [2.45, 2.75) is 25.4 Å². The molecule has 33 heavy (non-hydrogen) atoms. The Bertz CT molecular complexity index is 1340. The van der Waals surface area contributed by atoms with Gasteiger partial charge in [0.2, 0.25) is 5.91 Å². The molecule has 4 nitrogen and oxygen atoms in total. The number of fused-ring (bicyclic) bond motifs is 1. The number of carbonyl (C=O) groups excluding carboxylic acids is 1. The van der Waals surface area contributed by atoms with Crippen molar-refractivity contribution in [2.75, 3.05) is 0 Å². The number of rotatable bonds is 8. The molecule has 2 aromatic carbocycles. The Labute approximate surface area is 195 Å². The topological polar surface area (TPSA) is 47.2 Å². The maximum Gasteiger partial charge on any atom is 0.221 e. The van der Waals surface area contributed by atoms with Crippen LogP contribution in [0.25, 0.3) is 10.9 Å². The average molecular weight is 459 g/mol. The minimum Gasteiger partial charge on any atom is -0.467 e. The number of hydrogen-bond acceptors (Lipinski definition) is 3. The van der Waals surface area contributed by atoms with Crippen LogP contribution in [0.15, 0.2) is 94.4 Å². The van der Waals surface area contributed by atoms with Gasteiger partial charge in [0.1, 0.15) is 11.6 Å². The molecule has 0 aliphatic rings. The van der Waals surface area contributed by atoms with Gasteiger partial charge in [0.25, 0.3) is 0 Å². The lowest BCUT2D eigenvalue weighted by atomic mass is 9.89. The molecule has 166 valence electrons. The molecule has 3 heterocycles. The number of nitrogens with one attached hydrogen (secondary N) is 1. The van der Waals surface area contributed by atoms with Crippen LogP contribution in [0.3, 0.4) is 0 Å². The second kappa shape index (κ2) is 9.46. The number of hydrogen-bond donors (Lipinski definition) is 1. The van der Waals surface area contributed by atoms with Crippen LogP contribution in [-0.2, 0) is 17.9 Å². The van der Waals surface area contributed by atoms with Crippen LogP contribution >= 0.6 is 11.3 Å². The van der Waals surface area contributed by atoms with Gasteiger partial charge in [-0.25, -0.2) is 4.39 Å². The van der Waals surface area contributed by atoms with Crippen LogP contribution in [-0.4, -0.2) is 10.5 Å². The standard InChI is InChI=1S/C27H23FN2O2S/c28-21-9-7-19(8-10-21)16-30-17-25(23-5-1-2-6-26(23)30)24(20-11-13-33-18-20)14-27(31)29-15-22-4-3-12-32-22/h1-13,17-18,24H,14-16H2,(H,29,31). The average Bonchev–Trinajstić information content (AvgIpc) is 3.60. The van der Waals surface area contributed by atoms with Gasteiger partial charge in [-0.2, -0.15) is 11.3 Å². The molecule has 1 unspecified atom stereocenters. The van der Waals surface area contributed by atoms with Crippen molar-refractivity contribution >= 4 is 28.1 Å². The zero-order valence-corrected chi connectivity index (χ0v) is 18.7. The molecule has 0 fully saturated rings. The number of aromatic nitrogens is 1. The summed E-state index contributed by atoms with van der Waals surface area (Å²) in [5.41, 5.74) is 4.34. The Balaban J connectivity index is 1.47. The number of halogens is 1. The lowest BCUT2D eigenvalue weighted by molar-refractivity contribution is -0.121. The third-order valence-corrected chi connectivity index (χ3v) is 6.54. The Morgan fingerprint density at radius 2 is 1.91 bits per heavy atom. The summed E-state index contributed by atoms with van der Waals surface area (Å²) in [5.74, 6) is 0.381. The van der Waals surface area contributed by atoms with Gasteiger partial charge in [-0.3, -0.25) is 4.79 Å². The van der Waals surface area contributed by atoms with Crippen molar-refractivity contribution in [3.8, 4) is 0 Å². The number of nitrogens with zero attached hydrogens (tertiary/aromatic N) is 1. The summed E-state index contributed by atoms with van der Waals surface area (Å²) in [6.45, 7) is 0.996. The fourth-order valence-corrected chi connectivity index (χ4v) is 4.92. The molecular weight excluding hydrogens is 435 g/mol. The quantitative estimate of drug-likeness (QED) is 0.296. The number of para-hydroxylation sites is 1. The first-order chi connectivity index (χ1) is 16.2. The highest BCUT2D eigenvalue weighted by Gasteiger charge is 2.23. The Kier molecular flexibility index (Phi) is 6.09. The van der Waals surface area contributed by atoms with Crippen molar-refractivity contribution in [1.29, 1.82) is 0 Å². The summed E-state index contributed by atoms with van der Waals surface area (Å²) in [5, 5.41) is 8.25. The predicted molar refractivity (Wildman–Crippen MR) is 129 cm³/mol. The minimum atomic E-state index is -0.241. The van der Waals surface area contributed by atoms with Gasteiger partial charge in [0.15, 0.2) is 0 Å². The third kappa shape index (κ3) is 4.76. The van der Waals surface area contributed by atoms with E-state index in [1.165, 1.54) is 12.1 Å². The third-order valence-electron chi connectivity index (χ3n) is 5.84. The zero-order valence-electron chi connectivity index (χ0n) is 17.9. The van der Waals surface area contributed by atoms with Crippen LogP contribution in [0, 0.1) is 5.82 Å². The monoisotopic (exact) mass is 458 g/mol. The van der Waals surface area contributed by atoms with Gasteiger partial charge in [-0.15, -0.1) is 0 Å². The van der Waals surface area contributed by atoms with E-state index in [0.717, 1.165) is 33.4 Å². The van der Waals surface area contributed by atoms with Gasteiger partial charge < -0.3 is 14.3 Å². The number of carbonyl (C=O) groups is 1. The highest BCUT2D eigenvalue weighted by atomic mass is 32.1. The fourth-order valence-electron chi connectivity index (χ4n) is 4.21. The van der Waals surface area contributed by atoms with Crippen LogP contribution in [0.4, 0.5) is 4.39 Å². The van der Waals surface area contributed by atoms with E-state index in [4.69, 9.17) is 4.42 Å². The molecule has 0 spiro atoms. The minimum absolute atomic E-state index is 0.0297. The van der Waals surface area contributed by atoms with E-state index in [2.05, 4.69) is 39.7 Å². The second-order valence-corrected chi connectivity index (χ2v) is 8.81. The number of furan rings is 1. The molecular formula is C27H23FN2O2S. The molecule has 0 radical (unpaired) electrons. The normalized spacial score (nSPS) is 12.2. The molecule has 1 amide bonds. The first-order valence-electron chi connectivity index (χ1n) is 10.8. The summed E-state index contributed by atoms with van der Waals surface area (Å²) in [4.78, 5) is 12.9. The van der Waals surface area contributed by atoms with Gasteiger partial charge in [0.05, 0.1) is 12.8 Å². The van der Waals surface area contributed by atoms with Gasteiger partial charge in [-0.05, 0) is 63.8 Å². The van der Waals surface area contributed by atoms with Crippen LogP contribution < -0.4 is 5.32 Å². The van der Waals surface area contributed by atoms with Gasteiger partial charge in [0, 0.05) is 36.0 Å². The largest absolute Gasteiger partial charge is 0.467 e. The molecule has 3 aromatic heterocycles.